The molecule has 0 bridgehead atoms. The Morgan fingerprint density at radius 1 is 1.00 bits per heavy atom. The Bertz CT molecular complexity index is 1540. The molecule has 0 saturated heterocycles. The molecule has 2 N–H and O–H groups in total. The number of benzene rings is 2. The number of hydrogen-bond acceptors (Lipinski definition) is 4. The molecule has 152 valence electrons. The van der Waals surface area contributed by atoms with E-state index in [0.29, 0.717) is 11.4 Å². The molecule has 0 radical (unpaired) electrons. The topological polar surface area (TPSA) is 95.8 Å². The molecule has 0 spiro atoms. The third-order valence-corrected chi connectivity index (χ3v) is 5.58. The highest BCUT2D eigenvalue weighted by Crippen LogP contribution is 2.30. The average Bonchev–Trinajstić information content (AvgIpc) is 3.04. The van der Waals surface area contributed by atoms with Gasteiger partial charge in [0.1, 0.15) is 5.82 Å². The Labute approximate surface area is 177 Å². The van der Waals surface area contributed by atoms with E-state index in [-0.39, 0.29) is 5.69 Å². The monoisotopic (exact) mass is 409 g/mol. The first-order valence-electron chi connectivity index (χ1n) is 9.78. The Morgan fingerprint density at radius 2 is 1.74 bits per heavy atom. The van der Waals surface area contributed by atoms with Crippen LogP contribution in [0.1, 0.15) is 15.9 Å². The number of pyridine rings is 2. The van der Waals surface area contributed by atoms with Crippen molar-refractivity contribution in [2.24, 2.45) is 12.8 Å². The summed E-state index contributed by atoms with van der Waals surface area (Å²) in [6, 6.07) is 16.8. The van der Waals surface area contributed by atoms with Gasteiger partial charge in [-0.2, -0.15) is 0 Å². The largest absolute Gasteiger partial charge is 0.366 e. The minimum Gasteiger partial charge on any atom is -0.366 e. The number of nitrogens with zero attached hydrogens (tertiary/aromatic N) is 4. The summed E-state index contributed by atoms with van der Waals surface area (Å²) < 4.78 is 3.23. The first kappa shape index (κ1) is 18.7. The number of hydrogen-bond donors (Lipinski definition) is 1. The van der Waals surface area contributed by atoms with Crippen LogP contribution < -0.4 is 11.4 Å². The fourth-order valence-electron chi connectivity index (χ4n) is 3.91. The van der Waals surface area contributed by atoms with Crippen molar-refractivity contribution in [3.63, 3.8) is 0 Å². The van der Waals surface area contributed by atoms with Crippen molar-refractivity contribution in [2.45, 2.75) is 6.92 Å². The molecule has 7 nitrogen and oxygen atoms in total. The van der Waals surface area contributed by atoms with E-state index in [0.717, 1.165) is 38.6 Å². The van der Waals surface area contributed by atoms with Crippen molar-refractivity contribution < 1.29 is 4.79 Å². The number of amides is 1. The fourth-order valence-corrected chi connectivity index (χ4v) is 3.91. The summed E-state index contributed by atoms with van der Waals surface area (Å²) in [6.07, 6.45) is 3.40. The molecule has 31 heavy (non-hydrogen) atoms. The SMILES string of the molecule is Cc1cccnc1-n1c(=O)n(C)c2cnc3ccc(-c4ccc(C(N)=O)cc4)cc3c21. The molecular formula is C24H19N5O2. The highest BCUT2D eigenvalue weighted by molar-refractivity contribution is 6.04. The molecule has 0 aliphatic rings. The summed E-state index contributed by atoms with van der Waals surface area (Å²) in [5, 5.41) is 0.844. The van der Waals surface area contributed by atoms with Crippen LogP contribution >= 0.6 is 0 Å². The molecule has 0 saturated carbocycles. The van der Waals surface area contributed by atoms with Gasteiger partial charge in [-0.3, -0.25) is 14.3 Å². The molecule has 2 aromatic carbocycles. The highest BCUT2D eigenvalue weighted by Gasteiger charge is 2.18. The van der Waals surface area contributed by atoms with Crippen LogP contribution in [-0.2, 0) is 7.05 Å². The average molecular weight is 409 g/mol. The molecule has 5 rings (SSSR count). The van der Waals surface area contributed by atoms with Crippen molar-refractivity contribution in [3.05, 3.63) is 88.6 Å². The van der Waals surface area contributed by atoms with Gasteiger partial charge in [0.05, 0.1) is 22.7 Å². The van der Waals surface area contributed by atoms with Gasteiger partial charge in [-0.25, -0.2) is 14.3 Å². The van der Waals surface area contributed by atoms with Gasteiger partial charge in [-0.05, 0) is 53.9 Å². The number of carbonyl (C=O) groups is 1. The van der Waals surface area contributed by atoms with E-state index in [9.17, 15) is 9.59 Å². The normalized spacial score (nSPS) is 11.3. The highest BCUT2D eigenvalue weighted by atomic mass is 16.2. The van der Waals surface area contributed by atoms with Crippen molar-refractivity contribution in [2.75, 3.05) is 0 Å². The molecule has 0 atom stereocenters. The summed E-state index contributed by atoms with van der Waals surface area (Å²) in [4.78, 5) is 33.6. The number of fused-ring (bicyclic) bond motifs is 3. The molecule has 3 aromatic heterocycles. The molecular weight excluding hydrogens is 390 g/mol. The Morgan fingerprint density at radius 3 is 2.45 bits per heavy atom. The molecule has 0 aliphatic carbocycles. The van der Waals surface area contributed by atoms with Gasteiger partial charge in [0.2, 0.25) is 5.91 Å². The first-order chi connectivity index (χ1) is 15.0. The van der Waals surface area contributed by atoms with Crippen LogP contribution in [0.4, 0.5) is 0 Å². The van der Waals surface area contributed by atoms with Gasteiger partial charge >= 0.3 is 5.69 Å². The number of aromatic nitrogens is 4. The maximum atomic E-state index is 13.2. The lowest BCUT2D eigenvalue weighted by Crippen LogP contribution is -2.22. The summed E-state index contributed by atoms with van der Waals surface area (Å²) in [5.74, 6) is 0.136. The van der Waals surface area contributed by atoms with E-state index >= 15 is 0 Å². The number of aryl methyl sites for hydroxylation is 2. The van der Waals surface area contributed by atoms with Crippen LogP contribution in [0.3, 0.4) is 0 Å². The Balaban J connectivity index is 1.82. The molecule has 5 aromatic rings. The van der Waals surface area contributed by atoms with E-state index in [4.69, 9.17) is 5.73 Å². The van der Waals surface area contributed by atoms with Crippen molar-refractivity contribution in [1.82, 2.24) is 19.1 Å². The van der Waals surface area contributed by atoms with Gasteiger partial charge in [0.15, 0.2) is 0 Å². The molecule has 0 fully saturated rings. The minimum absolute atomic E-state index is 0.178. The first-order valence-corrected chi connectivity index (χ1v) is 9.78. The number of carbonyl (C=O) groups excluding carboxylic acids is 1. The second kappa shape index (κ2) is 6.91. The predicted molar refractivity (Wildman–Crippen MR) is 120 cm³/mol. The predicted octanol–water partition coefficient (Wildman–Crippen LogP) is 3.35. The summed E-state index contributed by atoms with van der Waals surface area (Å²) >= 11 is 0. The Kier molecular flexibility index (Phi) is 4.18. The van der Waals surface area contributed by atoms with Crippen LogP contribution in [0.15, 0.2) is 71.8 Å². The van der Waals surface area contributed by atoms with Crippen molar-refractivity contribution in [1.29, 1.82) is 0 Å². The quantitative estimate of drug-likeness (QED) is 0.494. The molecule has 3 heterocycles. The zero-order valence-corrected chi connectivity index (χ0v) is 17.0. The van der Waals surface area contributed by atoms with Crippen LogP contribution in [0.5, 0.6) is 0 Å². The maximum absolute atomic E-state index is 13.2. The number of primary amides is 1. The number of rotatable bonds is 3. The lowest BCUT2D eigenvalue weighted by Gasteiger charge is -2.09. The van der Waals surface area contributed by atoms with Gasteiger partial charge in [0, 0.05) is 24.2 Å². The summed E-state index contributed by atoms with van der Waals surface area (Å²) in [5.41, 5.74) is 10.7. The molecule has 0 aliphatic heterocycles. The van der Waals surface area contributed by atoms with Gasteiger partial charge in [0.25, 0.3) is 0 Å². The summed E-state index contributed by atoms with van der Waals surface area (Å²) in [7, 11) is 1.74. The third-order valence-electron chi connectivity index (χ3n) is 5.58. The van der Waals surface area contributed by atoms with E-state index in [1.54, 1.807) is 40.7 Å². The van der Waals surface area contributed by atoms with Crippen LogP contribution in [0.2, 0.25) is 0 Å². The second-order valence-corrected chi connectivity index (χ2v) is 7.49. The van der Waals surface area contributed by atoms with Gasteiger partial charge in [-0.1, -0.05) is 24.3 Å². The van der Waals surface area contributed by atoms with E-state index in [1.165, 1.54) is 0 Å². The zero-order chi connectivity index (χ0) is 21.7. The van der Waals surface area contributed by atoms with E-state index in [1.807, 2.05) is 49.4 Å². The van der Waals surface area contributed by atoms with Gasteiger partial charge in [-0.15, -0.1) is 0 Å². The van der Waals surface area contributed by atoms with Crippen molar-refractivity contribution >= 4 is 27.8 Å². The molecule has 7 heteroatoms. The zero-order valence-electron chi connectivity index (χ0n) is 17.0. The van der Waals surface area contributed by atoms with Gasteiger partial charge < -0.3 is 5.73 Å². The molecule has 0 unspecified atom stereocenters. The number of nitrogens with two attached hydrogens (primary N) is 1. The molecule has 1 amide bonds. The van der Waals surface area contributed by atoms with Crippen molar-refractivity contribution in [3.8, 4) is 16.9 Å². The van der Waals surface area contributed by atoms with Crippen LogP contribution in [0, 0.1) is 6.92 Å². The smallest absolute Gasteiger partial charge is 0.334 e. The standard InChI is InChI=1S/C24H19N5O2/c1-14-4-3-11-26-23(14)29-21-18-12-17(15-5-7-16(8-6-15)22(25)30)9-10-19(18)27-13-20(21)28(2)24(29)31/h3-13H,1-2H3,(H2,25,30). The minimum atomic E-state index is -0.463. The summed E-state index contributed by atoms with van der Waals surface area (Å²) in [6.45, 7) is 1.93. The number of imidazole rings is 1. The van der Waals surface area contributed by atoms with Crippen LogP contribution in [-0.4, -0.2) is 25.0 Å². The van der Waals surface area contributed by atoms with Crippen LogP contribution in [0.25, 0.3) is 38.9 Å². The lowest BCUT2D eigenvalue weighted by molar-refractivity contribution is 0.100. The third kappa shape index (κ3) is 2.90. The Hall–Kier alpha value is -4.26. The lowest BCUT2D eigenvalue weighted by atomic mass is 10.0. The van der Waals surface area contributed by atoms with E-state index in [2.05, 4.69) is 9.97 Å². The van der Waals surface area contributed by atoms with E-state index < -0.39 is 5.91 Å². The second-order valence-electron chi connectivity index (χ2n) is 7.49. The fraction of sp³-hybridized carbons (Fsp3) is 0.0833. The maximum Gasteiger partial charge on any atom is 0.334 e.